The number of carbonyl (C=O) groups is 2. The third kappa shape index (κ3) is 4.35. The lowest BCUT2D eigenvalue weighted by Gasteiger charge is -2.24. The van der Waals surface area contributed by atoms with Crippen LogP contribution in [0.3, 0.4) is 0 Å². The van der Waals surface area contributed by atoms with Gasteiger partial charge in [0.1, 0.15) is 0 Å². The molecule has 0 saturated carbocycles. The van der Waals surface area contributed by atoms with E-state index in [-0.39, 0.29) is 24.3 Å². The summed E-state index contributed by atoms with van der Waals surface area (Å²) in [5.41, 5.74) is 1.63. The highest BCUT2D eigenvalue weighted by molar-refractivity contribution is 6.02. The van der Waals surface area contributed by atoms with Crippen molar-refractivity contribution in [3.63, 3.8) is 0 Å². The van der Waals surface area contributed by atoms with E-state index in [1.54, 1.807) is 0 Å². The Balaban J connectivity index is 1.77. The maximum atomic E-state index is 12.8. The zero-order valence-corrected chi connectivity index (χ0v) is 15.0. The molecule has 2 aromatic carbocycles. The monoisotopic (exact) mass is 390 g/mol. The molecule has 1 heterocycles. The smallest absolute Gasteiger partial charge is 0.324 e. The Kier molecular flexibility index (Phi) is 5.72. The third-order valence-corrected chi connectivity index (χ3v) is 4.93. The number of Topliss-reactive ketones (excluding diaryl/α,β-unsaturated/α-hetero) is 1. The number of ketones is 1. The molecule has 0 aromatic heterocycles. The average Bonchev–Trinajstić information content (AvgIpc) is 3.15. The third-order valence-electron chi connectivity index (χ3n) is 4.93. The van der Waals surface area contributed by atoms with Gasteiger partial charge in [-0.2, -0.15) is 13.2 Å². The fourth-order valence-corrected chi connectivity index (χ4v) is 3.49. The summed E-state index contributed by atoms with van der Waals surface area (Å²) in [6.45, 7) is -0.102. The second-order valence-electron chi connectivity index (χ2n) is 6.83. The summed E-state index contributed by atoms with van der Waals surface area (Å²) in [6, 6.07) is 12.4. The second kappa shape index (κ2) is 8.04. The fraction of sp³-hybridized carbons (Fsp3) is 0.333. The van der Waals surface area contributed by atoms with Crippen LogP contribution in [0.5, 0.6) is 5.75 Å². The lowest BCUT2D eigenvalue weighted by molar-refractivity contribution is -0.185. The number of hydrogen-bond donors (Lipinski definition) is 0. The Morgan fingerprint density at radius 3 is 2.43 bits per heavy atom. The summed E-state index contributed by atoms with van der Waals surface area (Å²) in [5, 5.41) is 12.1. The van der Waals surface area contributed by atoms with Gasteiger partial charge in [-0.15, -0.1) is 0 Å². The molecule has 0 bridgehead atoms. The zero-order valence-electron chi connectivity index (χ0n) is 15.0. The van der Waals surface area contributed by atoms with Gasteiger partial charge in [-0.1, -0.05) is 30.3 Å². The number of hydrogen-bond acceptors (Lipinski definition) is 2. The van der Waals surface area contributed by atoms with Gasteiger partial charge in [0.15, 0.2) is 11.5 Å². The fourth-order valence-electron chi connectivity index (χ4n) is 3.49. The van der Waals surface area contributed by atoms with Crippen LogP contribution in [0.25, 0.3) is 0 Å². The van der Waals surface area contributed by atoms with Gasteiger partial charge in [0.05, 0.1) is 6.04 Å². The number of alkyl halides is 3. The van der Waals surface area contributed by atoms with Gasteiger partial charge in [-0.3, -0.25) is 14.7 Å². The summed E-state index contributed by atoms with van der Waals surface area (Å²) in [7, 11) is 0. The molecule has 7 heteroatoms. The van der Waals surface area contributed by atoms with E-state index < -0.39 is 23.9 Å². The van der Waals surface area contributed by atoms with Crippen LogP contribution in [0.1, 0.15) is 34.3 Å². The number of halogens is 3. The van der Waals surface area contributed by atoms with Crippen molar-refractivity contribution in [3.05, 3.63) is 65.2 Å². The molecule has 2 aromatic rings. The van der Waals surface area contributed by atoms with Crippen molar-refractivity contribution < 1.29 is 27.9 Å². The van der Waals surface area contributed by atoms with Gasteiger partial charge in [0.2, 0.25) is 0 Å². The average molecular weight is 390 g/mol. The number of nitrogens with zero attached hydrogens (tertiary/aromatic N) is 1. The molecule has 1 radical (unpaired) electrons. The van der Waals surface area contributed by atoms with Crippen LogP contribution >= 0.6 is 0 Å². The minimum absolute atomic E-state index is 0.102. The molecule has 147 valence electrons. The van der Waals surface area contributed by atoms with E-state index in [4.69, 9.17) is 0 Å². The molecule has 4 nitrogen and oxygen atoms in total. The van der Waals surface area contributed by atoms with Gasteiger partial charge in [-0.25, -0.2) is 0 Å². The van der Waals surface area contributed by atoms with Crippen LogP contribution < -0.4 is 0 Å². The van der Waals surface area contributed by atoms with Gasteiger partial charge in [-0.05, 0) is 49.4 Å². The van der Waals surface area contributed by atoms with E-state index in [0.29, 0.717) is 29.7 Å². The van der Waals surface area contributed by atoms with Crippen LogP contribution in [0.2, 0.25) is 0 Å². The molecule has 1 fully saturated rings. The van der Waals surface area contributed by atoms with Crippen molar-refractivity contribution in [2.75, 3.05) is 6.54 Å². The number of rotatable bonds is 5. The highest BCUT2D eigenvalue weighted by Crippen LogP contribution is 2.29. The molecule has 1 amide bonds. The van der Waals surface area contributed by atoms with E-state index in [1.165, 1.54) is 18.2 Å². The van der Waals surface area contributed by atoms with Crippen LogP contribution in [-0.2, 0) is 22.7 Å². The van der Waals surface area contributed by atoms with E-state index in [1.807, 2.05) is 30.3 Å². The molecular weight excluding hydrogens is 371 g/mol. The number of amides is 1. The molecule has 1 atom stereocenters. The zero-order chi connectivity index (χ0) is 20.3. The van der Waals surface area contributed by atoms with E-state index in [9.17, 15) is 27.9 Å². The van der Waals surface area contributed by atoms with Crippen LogP contribution in [0.15, 0.2) is 48.5 Å². The molecule has 0 N–H and O–H groups in total. The first kappa shape index (κ1) is 19.9. The molecule has 0 unspecified atom stereocenters. The van der Waals surface area contributed by atoms with Crippen molar-refractivity contribution in [2.45, 2.75) is 37.9 Å². The second-order valence-corrected chi connectivity index (χ2v) is 6.83. The molecule has 28 heavy (non-hydrogen) atoms. The predicted octanol–water partition coefficient (Wildman–Crippen LogP) is 4.35. The van der Waals surface area contributed by atoms with Crippen molar-refractivity contribution in [1.82, 2.24) is 4.90 Å². The number of carbonyl (C=O) groups excluding carboxylic acids is 2. The van der Waals surface area contributed by atoms with Crippen molar-refractivity contribution >= 4 is 11.7 Å². The van der Waals surface area contributed by atoms with Crippen molar-refractivity contribution in [1.29, 1.82) is 0 Å². The first-order chi connectivity index (χ1) is 13.3. The Bertz CT molecular complexity index is 865. The normalized spacial score (nSPS) is 17.0. The van der Waals surface area contributed by atoms with Gasteiger partial charge < -0.3 is 4.90 Å². The van der Waals surface area contributed by atoms with Crippen molar-refractivity contribution in [2.24, 2.45) is 0 Å². The first-order valence-electron chi connectivity index (χ1n) is 9.03. The summed E-state index contributed by atoms with van der Waals surface area (Å²) in [6.07, 6.45) is -3.48. The lowest BCUT2D eigenvalue weighted by Crippen LogP contribution is -2.46. The summed E-state index contributed by atoms with van der Waals surface area (Å²) < 4.78 is 38.3. The minimum atomic E-state index is -5.01. The Labute approximate surface area is 160 Å². The number of benzene rings is 2. The predicted molar refractivity (Wildman–Crippen MR) is 95.5 cm³/mol. The molecule has 0 aliphatic carbocycles. The maximum absolute atomic E-state index is 12.8. The summed E-state index contributed by atoms with van der Waals surface area (Å²) >= 11 is 0. The summed E-state index contributed by atoms with van der Waals surface area (Å²) in [5.74, 6) is -2.77. The van der Waals surface area contributed by atoms with Crippen LogP contribution in [0.4, 0.5) is 13.2 Å². The van der Waals surface area contributed by atoms with Gasteiger partial charge in [0, 0.05) is 17.7 Å². The van der Waals surface area contributed by atoms with E-state index in [0.717, 1.165) is 5.56 Å². The Morgan fingerprint density at radius 2 is 1.75 bits per heavy atom. The standard InChI is InChI=1S/C21H19F3NO3/c22-21(23,24)20(28)25-12-4-7-17(25)19(27)16-10-11-18(26)15(13-16)9-8-14-5-2-1-3-6-14/h1-3,5-6,10-11,13,17H,4,7-9,12H2/t17-/m0/s1. The highest BCUT2D eigenvalue weighted by atomic mass is 19.4. The SMILES string of the molecule is [O]c1ccc(C(=O)[C@@H]2CCCN2C(=O)C(F)(F)F)cc1CCc1ccccc1. The molecular formula is C21H19F3NO3. The van der Waals surface area contributed by atoms with E-state index >= 15 is 0 Å². The minimum Gasteiger partial charge on any atom is -0.324 e. The highest BCUT2D eigenvalue weighted by Gasteiger charge is 2.47. The number of aryl methyl sites for hydroxylation is 2. The molecule has 1 aliphatic heterocycles. The van der Waals surface area contributed by atoms with E-state index in [2.05, 4.69) is 0 Å². The lowest BCUT2D eigenvalue weighted by atomic mass is 9.97. The number of likely N-dealkylation sites (tertiary alicyclic amines) is 1. The maximum Gasteiger partial charge on any atom is 0.471 e. The quantitative estimate of drug-likeness (QED) is 0.713. The van der Waals surface area contributed by atoms with Gasteiger partial charge >= 0.3 is 12.1 Å². The largest absolute Gasteiger partial charge is 0.471 e. The molecule has 1 aliphatic rings. The Hall–Kier alpha value is -2.83. The van der Waals surface area contributed by atoms with Gasteiger partial charge in [0.25, 0.3) is 0 Å². The van der Waals surface area contributed by atoms with Crippen molar-refractivity contribution in [3.8, 4) is 5.75 Å². The topological polar surface area (TPSA) is 57.3 Å². The summed E-state index contributed by atoms with van der Waals surface area (Å²) in [4.78, 5) is 24.9. The molecule has 1 saturated heterocycles. The van der Waals surface area contributed by atoms with Crippen LogP contribution in [0, 0.1) is 0 Å². The molecule has 3 rings (SSSR count). The van der Waals surface area contributed by atoms with Crippen LogP contribution in [-0.4, -0.2) is 35.4 Å². The molecule has 0 spiro atoms. The Morgan fingerprint density at radius 1 is 1.04 bits per heavy atom. The first-order valence-corrected chi connectivity index (χ1v) is 9.03.